The van der Waals surface area contributed by atoms with Crippen LogP contribution in [0.5, 0.6) is 0 Å². The van der Waals surface area contributed by atoms with E-state index in [1.165, 1.54) is 9.78 Å². The first-order valence-electron chi connectivity index (χ1n) is 9.30. The topological polar surface area (TPSA) is 52.7 Å². The van der Waals surface area contributed by atoms with Crippen LogP contribution in [-0.4, -0.2) is 47.9 Å². The molecular formula is C21H24ClN3O2S. The fraction of sp³-hybridized carbons (Fsp3) is 0.333. The summed E-state index contributed by atoms with van der Waals surface area (Å²) < 4.78 is 0. The number of urea groups is 1. The molecule has 0 radical (unpaired) electrons. The number of benzene rings is 1. The molecule has 7 heteroatoms. The molecule has 28 heavy (non-hydrogen) atoms. The quantitative estimate of drug-likeness (QED) is 0.719. The zero-order chi connectivity index (χ0) is 20.1. The van der Waals surface area contributed by atoms with Gasteiger partial charge in [0, 0.05) is 29.5 Å². The average Bonchev–Trinajstić information content (AvgIpc) is 3.16. The molecule has 0 bridgehead atoms. The Labute approximate surface area is 174 Å². The number of amides is 3. The first kappa shape index (κ1) is 20.4. The van der Waals surface area contributed by atoms with Gasteiger partial charge in [-0.05, 0) is 48.1 Å². The van der Waals surface area contributed by atoms with E-state index in [1.54, 1.807) is 17.4 Å². The lowest BCUT2D eigenvalue weighted by Crippen LogP contribution is -2.49. The van der Waals surface area contributed by atoms with Gasteiger partial charge in [0.05, 0.1) is 6.04 Å². The van der Waals surface area contributed by atoms with Gasteiger partial charge in [-0.15, -0.1) is 17.9 Å². The van der Waals surface area contributed by atoms with Crippen LogP contribution < -0.4 is 5.32 Å². The molecular weight excluding hydrogens is 394 g/mol. The zero-order valence-corrected chi connectivity index (χ0v) is 17.4. The molecule has 3 rings (SSSR count). The van der Waals surface area contributed by atoms with E-state index in [4.69, 9.17) is 11.6 Å². The zero-order valence-electron chi connectivity index (χ0n) is 15.9. The SMILES string of the molecule is C=CCN(CC(=O)N1CCc2sccc2C1c1ccc(Cl)cc1)C(=O)NCC. The first-order valence-corrected chi connectivity index (χ1v) is 10.6. The molecule has 0 saturated heterocycles. The van der Waals surface area contributed by atoms with Crippen molar-refractivity contribution in [3.8, 4) is 0 Å². The summed E-state index contributed by atoms with van der Waals surface area (Å²) in [4.78, 5) is 30.2. The van der Waals surface area contributed by atoms with Crippen LogP contribution in [0.3, 0.4) is 0 Å². The lowest BCUT2D eigenvalue weighted by molar-refractivity contribution is -0.133. The number of halogens is 1. The van der Waals surface area contributed by atoms with Gasteiger partial charge in [0.25, 0.3) is 0 Å². The van der Waals surface area contributed by atoms with E-state index in [0.717, 1.165) is 17.5 Å². The molecule has 148 valence electrons. The third-order valence-electron chi connectivity index (χ3n) is 4.76. The largest absolute Gasteiger partial charge is 0.338 e. The second-order valence-corrected chi connectivity index (χ2v) is 8.03. The highest BCUT2D eigenvalue weighted by atomic mass is 35.5. The van der Waals surface area contributed by atoms with Crippen molar-refractivity contribution in [2.24, 2.45) is 0 Å². The van der Waals surface area contributed by atoms with Gasteiger partial charge in [0.2, 0.25) is 5.91 Å². The maximum Gasteiger partial charge on any atom is 0.318 e. The monoisotopic (exact) mass is 417 g/mol. The van der Waals surface area contributed by atoms with Gasteiger partial charge < -0.3 is 15.1 Å². The molecule has 0 aliphatic carbocycles. The number of thiophene rings is 1. The van der Waals surface area contributed by atoms with E-state index < -0.39 is 0 Å². The smallest absolute Gasteiger partial charge is 0.318 e. The Morgan fingerprint density at radius 3 is 2.79 bits per heavy atom. The van der Waals surface area contributed by atoms with E-state index in [9.17, 15) is 9.59 Å². The van der Waals surface area contributed by atoms with Crippen LogP contribution in [0.15, 0.2) is 48.4 Å². The Bertz CT molecular complexity index is 850. The minimum Gasteiger partial charge on any atom is -0.338 e. The van der Waals surface area contributed by atoms with Gasteiger partial charge in [0.15, 0.2) is 0 Å². The molecule has 1 aliphatic heterocycles. The first-order chi connectivity index (χ1) is 13.5. The van der Waals surface area contributed by atoms with Crippen molar-refractivity contribution < 1.29 is 9.59 Å². The molecule has 0 fully saturated rings. The number of nitrogens with zero attached hydrogens (tertiary/aromatic N) is 2. The standard InChI is InChI=1S/C21H24ClN3O2S/c1-3-11-24(21(27)23-4-2)14-19(26)25-12-9-18-17(10-13-28-18)20(25)15-5-7-16(22)8-6-15/h3,5-8,10,13,20H,1,4,9,11-12,14H2,2H3,(H,23,27). The molecule has 2 heterocycles. The molecule has 5 nitrogen and oxygen atoms in total. The Balaban J connectivity index is 1.87. The highest BCUT2D eigenvalue weighted by molar-refractivity contribution is 7.10. The molecule has 0 spiro atoms. The van der Waals surface area contributed by atoms with E-state index >= 15 is 0 Å². The van der Waals surface area contributed by atoms with Crippen molar-refractivity contribution in [1.29, 1.82) is 0 Å². The molecule has 2 aromatic rings. The number of hydrogen-bond acceptors (Lipinski definition) is 3. The van der Waals surface area contributed by atoms with Crippen LogP contribution in [-0.2, 0) is 11.2 Å². The Kier molecular flexibility index (Phi) is 6.75. The van der Waals surface area contributed by atoms with Crippen LogP contribution in [0.4, 0.5) is 4.79 Å². The normalized spacial score (nSPS) is 15.6. The summed E-state index contributed by atoms with van der Waals surface area (Å²) in [5, 5.41) is 5.49. The van der Waals surface area contributed by atoms with Gasteiger partial charge in [-0.25, -0.2) is 4.79 Å². The Hall–Kier alpha value is -2.31. The lowest BCUT2D eigenvalue weighted by Gasteiger charge is -2.37. The van der Waals surface area contributed by atoms with Gasteiger partial charge >= 0.3 is 6.03 Å². The number of hydrogen-bond donors (Lipinski definition) is 1. The Morgan fingerprint density at radius 2 is 2.11 bits per heavy atom. The molecule has 1 aromatic heterocycles. The molecule has 1 aromatic carbocycles. The maximum atomic E-state index is 13.2. The minimum absolute atomic E-state index is 0.0153. The number of carbonyl (C=O) groups excluding carboxylic acids is 2. The second kappa shape index (κ2) is 9.26. The molecule has 0 saturated carbocycles. The summed E-state index contributed by atoms with van der Waals surface area (Å²) >= 11 is 7.78. The van der Waals surface area contributed by atoms with Crippen molar-refractivity contribution >= 4 is 34.9 Å². The maximum absolute atomic E-state index is 13.2. The fourth-order valence-electron chi connectivity index (χ4n) is 3.48. The number of nitrogens with one attached hydrogen (secondary N) is 1. The number of rotatable bonds is 6. The van der Waals surface area contributed by atoms with Crippen molar-refractivity contribution in [1.82, 2.24) is 15.1 Å². The van der Waals surface area contributed by atoms with E-state index in [2.05, 4.69) is 23.3 Å². The predicted molar refractivity (Wildman–Crippen MR) is 114 cm³/mol. The minimum atomic E-state index is -0.257. The van der Waals surface area contributed by atoms with Gasteiger partial charge in [-0.3, -0.25) is 4.79 Å². The summed E-state index contributed by atoms with van der Waals surface area (Å²) in [5.74, 6) is -0.0788. The van der Waals surface area contributed by atoms with Crippen LogP contribution in [0.1, 0.15) is 29.0 Å². The van der Waals surface area contributed by atoms with Crippen molar-refractivity contribution in [3.05, 3.63) is 69.4 Å². The van der Waals surface area contributed by atoms with E-state index in [0.29, 0.717) is 24.7 Å². The third kappa shape index (κ3) is 4.39. The van der Waals surface area contributed by atoms with Gasteiger partial charge in [-0.1, -0.05) is 29.8 Å². The number of carbonyl (C=O) groups is 2. The average molecular weight is 418 g/mol. The van der Waals surface area contributed by atoms with Crippen LogP contribution in [0.25, 0.3) is 0 Å². The highest BCUT2D eigenvalue weighted by Crippen LogP contribution is 2.38. The van der Waals surface area contributed by atoms with Crippen molar-refractivity contribution in [2.45, 2.75) is 19.4 Å². The Morgan fingerprint density at radius 1 is 1.36 bits per heavy atom. The van der Waals surface area contributed by atoms with Crippen LogP contribution >= 0.6 is 22.9 Å². The molecule has 1 aliphatic rings. The summed E-state index contributed by atoms with van der Waals surface area (Å²) in [7, 11) is 0. The summed E-state index contributed by atoms with van der Waals surface area (Å²) in [6, 6.07) is 9.28. The molecule has 1 N–H and O–H groups in total. The van der Waals surface area contributed by atoms with Crippen molar-refractivity contribution in [3.63, 3.8) is 0 Å². The molecule has 1 unspecified atom stereocenters. The summed E-state index contributed by atoms with van der Waals surface area (Å²) in [6.45, 7) is 7.02. The summed E-state index contributed by atoms with van der Waals surface area (Å²) in [6.07, 6.45) is 2.46. The summed E-state index contributed by atoms with van der Waals surface area (Å²) in [5.41, 5.74) is 2.17. The van der Waals surface area contributed by atoms with Gasteiger partial charge in [-0.2, -0.15) is 0 Å². The fourth-order valence-corrected chi connectivity index (χ4v) is 4.51. The lowest BCUT2D eigenvalue weighted by atomic mass is 9.93. The van der Waals surface area contributed by atoms with Crippen molar-refractivity contribution in [2.75, 3.05) is 26.2 Å². The third-order valence-corrected chi connectivity index (χ3v) is 6.01. The van der Waals surface area contributed by atoms with Gasteiger partial charge in [0.1, 0.15) is 6.54 Å². The van der Waals surface area contributed by atoms with E-state index in [1.807, 2.05) is 36.1 Å². The predicted octanol–water partition coefficient (Wildman–Crippen LogP) is 4.09. The van der Waals surface area contributed by atoms with E-state index in [-0.39, 0.29) is 24.5 Å². The van der Waals surface area contributed by atoms with Crippen LogP contribution in [0.2, 0.25) is 5.02 Å². The molecule has 1 atom stereocenters. The molecule has 3 amide bonds. The van der Waals surface area contributed by atoms with Crippen LogP contribution in [0, 0.1) is 0 Å². The highest BCUT2D eigenvalue weighted by Gasteiger charge is 2.33. The second-order valence-electron chi connectivity index (χ2n) is 6.60. The number of fused-ring (bicyclic) bond motifs is 1.